The Kier molecular flexibility index (Phi) is 4.05. The van der Waals surface area contributed by atoms with E-state index in [0.717, 1.165) is 41.9 Å². The first-order chi connectivity index (χ1) is 13.8. The van der Waals surface area contributed by atoms with Crippen molar-refractivity contribution < 1.29 is 13.2 Å². The molecule has 0 unspecified atom stereocenters. The summed E-state index contributed by atoms with van der Waals surface area (Å²) in [6.07, 6.45) is 0.801. The van der Waals surface area contributed by atoms with Crippen LogP contribution >= 0.6 is 0 Å². The highest BCUT2D eigenvalue weighted by molar-refractivity contribution is 7.92. The molecular formula is C22H25N3O3S. The maximum atomic E-state index is 13.8. The van der Waals surface area contributed by atoms with Gasteiger partial charge in [0.1, 0.15) is 0 Å². The van der Waals surface area contributed by atoms with Crippen LogP contribution in [0.5, 0.6) is 0 Å². The number of carbonyl (C=O) groups is 1. The standard InChI is InChI=1S/C22H25N3O3S/c1-13-4-7-20-17(10-13)18-12-24(3)9-8-21(18)25(20)29(27,28)15-5-6-19-16(11-15)14(2)22(26)23-19/h4-7,10-11,14,18,21H,8-9,12H2,1-3H3,(H,23,26)/t14-,18-,21-/m0/s1. The molecule has 0 aromatic heterocycles. The first-order valence-electron chi connectivity index (χ1n) is 10.1. The Balaban J connectivity index is 1.62. The SMILES string of the molecule is Cc1ccc2c(c1)[C@@H]1CN(C)CC[C@@H]1N2S(=O)(=O)c1ccc2c(c1)[C@H](C)C(=O)N2. The van der Waals surface area contributed by atoms with Crippen molar-refractivity contribution in [3.63, 3.8) is 0 Å². The summed E-state index contributed by atoms with van der Waals surface area (Å²) in [7, 11) is -1.65. The fourth-order valence-electron chi connectivity index (χ4n) is 5.02. The topological polar surface area (TPSA) is 69.7 Å². The molecule has 3 aliphatic heterocycles. The molecule has 2 aromatic rings. The number of fused-ring (bicyclic) bond motifs is 4. The number of sulfonamides is 1. The fourth-order valence-corrected chi connectivity index (χ4v) is 6.79. The van der Waals surface area contributed by atoms with Crippen molar-refractivity contribution in [1.82, 2.24) is 4.90 Å². The van der Waals surface area contributed by atoms with Crippen molar-refractivity contribution in [1.29, 1.82) is 0 Å². The van der Waals surface area contributed by atoms with Crippen molar-refractivity contribution in [2.24, 2.45) is 0 Å². The van der Waals surface area contributed by atoms with Gasteiger partial charge in [0.05, 0.1) is 22.5 Å². The van der Waals surface area contributed by atoms with Crippen LogP contribution < -0.4 is 9.62 Å². The van der Waals surface area contributed by atoms with E-state index in [2.05, 4.69) is 23.3 Å². The maximum Gasteiger partial charge on any atom is 0.264 e. The van der Waals surface area contributed by atoms with Gasteiger partial charge in [-0.15, -0.1) is 0 Å². The van der Waals surface area contributed by atoms with Crippen molar-refractivity contribution in [3.05, 3.63) is 53.1 Å². The summed E-state index contributed by atoms with van der Waals surface area (Å²) in [5.41, 5.74) is 4.52. The second kappa shape index (κ2) is 6.31. The Morgan fingerprint density at radius 3 is 2.69 bits per heavy atom. The third kappa shape index (κ3) is 2.71. The number of likely N-dealkylation sites (tertiary alicyclic amines) is 1. The summed E-state index contributed by atoms with van der Waals surface area (Å²) in [4.78, 5) is 14.5. The van der Waals surface area contributed by atoms with E-state index in [1.807, 2.05) is 19.1 Å². The molecule has 1 saturated heterocycles. The van der Waals surface area contributed by atoms with E-state index in [1.54, 1.807) is 29.4 Å². The molecule has 5 rings (SSSR count). The zero-order valence-corrected chi connectivity index (χ0v) is 17.7. The van der Waals surface area contributed by atoms with Gasteiger partial charge in [-0.2, -0.15) is 0 Å². The molecule has 7 heteroatoms. The number of benzene rings is 2. The highest BCUT2D eigenvalue weighted by Gasteiger charge is 2.47. The van der Waals surface area contributed by atoms with E-state index in [-0.39, 0.29) is 28.7 Å². The summed E-state index contributed by atoms with van der Waals surface area (Å²) in [6, 6.07) is 11.0. The zero-order valence-electron chi connectivity index (χ0n) is 16.8. The van der Waals surface area contributed by atoms with Crippen LogP contribution in [0.25, 0.3) is 0 Å². The first-order valence-corrected chi connectivity index (χ1v) is 11.5. The average molecular weight is 412 g/mol. The van der Waals surface area contributed by atoms with Gasteiger partial charge in [0.25, 0.3) is 10.0 Å². The van der Waals surface area contributed by atoms with Crippen LogP contribution in [-0.2, 0) is 14.8 Å². The van der Waals surface area contributed by atoms with Gasteiger partial charge in [-0.05, 0) is 69.3 Å². The Morgan fingerprint density at radius 1 is 1.10 bits per heavy atom. The third-order valence-electron chi connectivity index (χ3n) is 6.60. The average Bonchev–Trinajstić information content (AvgIpc) is 3.15. The van der Waals surface area contributed by atoms with Gasteiger partial charge in [-0.3, -0.25) is 9.10 Å². The molecule has 3 aliphatic rings. The van der Waals surface area contributed by atoms with Crippen molar-refractivity contribution in [2.45, 2.75) is 43.0 Å². The molecule has 3 atom stereocenters. The zero-order chi connectivity index (χ0) is 20.5. The number of nitrogens with one attached hydrogen (secondary N) is 1. The Bertz CT molecular complexity index is 1130. The monoisotopic (exact) mass is 411 g/mol. The quantitative estimate of drug-likeness (QED) is 0.825. The van der Waals surface area contributed by atoms with E-state index >= 15 is 0 Å². The number of aryl methyl sites for hydroxylation is 1. The summed E-state index contributed by atoms with van der Waals surface area (Å²) >= 11 is 0. The number of nitrogens with zero attached hydrogens (tertiary/aromatic N) is 2. The van der Waals surface area contributed by atoms with E-state index in [0.29, 0.717) is 5.69 Å². The van der Waals surface area contributed by atoms with Crippen LogP contribution in [0.4, 0.5) is 11.4 Å². The van der Waals surface area contributed by atoms with Crippen LogP contribution in [0.3, 0.4) is 0 Å². The molecule has 1 amide bonds. The van der Waals surface area contributed by atoms with Crippen LogP contribution in [0, 0.1) is 6.92 Å². The predicted octanol–water partition coefficient (Wildman–Crippen LogP) is 3.05. The van der Waals surface area contributed by atoms with E-state index in [9.17, 15) is 13.2 Å². The van der Waals surface area contributed by atoms with Gasteiger partial charge >= 0.3 is 0 Å². The van der Waals surface area contributed by atoms with Gasteiger partial charge < -0.3 is 10.2 Å². The molecule has 0 aliphatic carbocycles. The second-order valence-electron chi connectivity index (χ2n) is 8.55. The number of amides is 1. The van der Waals surface area contributed by atoms with Crippen molar-refractivity contribution in [3.8, 4) is 0 Å². The van der Waals surface area contributed by atoms with Crippen LogP contribution in [0.1, 0.15) is 41.9 Å². The van der Waals surface area contributed by atoms with E-state index < -0.39 is 10.0 Å². The second-order valence-corrected chi connectivity index (χ2v) is 10.4. The molecule has 0 spiro atoms. The number of anilines is 2. The lowest BCUT2D eigenvalue weighted by Gasteiger charge is -2.36. The number of hydrogen-bond donors (Lipinski definition) is 1. The fraction of sp³-hybridized carbons (Fsp3) is 0.409. The van der Waals surface area contributed by atoms with Crippen LogP contribution in [0.2, 0.25) is 0 Å². The number of piperidine rings is 1. The van der Waals surface area contributed by atoms with Gasteiger partial charge in [-0.25, -0.2) is 8.42 Å². The lowest BCUT2D eigenvalue weighted by Crippen LogP contribution is -2.47. The molecule has 2 aromatic carbocycles. The molecule has 1 fully saturated rings. The van der Waals surface area contributed by atoms with Crippen LogP contribution in [0.15, 0.2) is 41.3 Å². The molecule has 29 heavy (non-hydrogen) atoms. The summed E-state index contributed by atoms with van der Waals surface area (Å²) in [5.74, 6) is -0.258. The Hall–Kier alpha value is -2.38. The number of likely N-dealkylation sites (N-methyl/N-ethyl adjacent to an activating group) is 1. The number of carbonyl (C=O) groups excluding carboxylic acids is 1. The van der Waals surface area contributed by atoms with Gasteiger partial charge in [0.2, 0.25) is 5.91 Å². The van der Waals surface area contributed by atoms with Gasteiger partial charge in [0.15, 0.2) is 0 Å². The minimum Gasteiger partial charge on any atom is -0.325 e. The highest BCUT2D eigenvalue weighted by atomic mass is 32.2. The summed E-state index contributed by atoms with van der Waals surface area (Å²) < 4.78 is 29.3. The van der Waals surface area contributed by atoms with E-state index in [4.69, 9.17) is 0 Å². The molecular weight excluding hydrogens is 386 g/mol. The molecule has 0 bridgehead atoms. The number of rotatable bonds is 2. The van der Waals surface area contributed by atoms with Crippen molar-refractivity contribution >= 4 is 27.3 Å². The lowest BCUT2D eigenvalue weighted by molar-refractivity contribution is -0.116. The smallest absolute Gasteiger partial charge is 0.264 e. The Morgan fingerprint density at radius 2 is 1.90 bits per heavy atom. The van der Waals surface area contributed by atoms with Crippen molar-refractivity contribution in [2.75, 3.05) is 29.8 Å². The van der Waals surface area contributed by atoms with Gasteiger partial charge in [0, 0.05) is 18.2 Å². The first kappa shape index (κ1) is 18.6. The highest BCUT2D eigenvalue weighted by Crippen LogP contribution is 2.48. The van der Waals surface area contributed by atoms with E-state index in [1.165, 1.54) is 0 Å². The molecule has 0 radical (unpaired) electrons. The molecule has 3 heterocycles. The molecule has 0 saturated carbocycles. The minimum absolute atomic E-state index is 0.0709. The Labute approximate surface area is 171 Å². The van der Waals surface area contributed by atoms with Gasteiger partial charge in [-0.1, -0.05) is 17.7 Å². The molecule has 1 N–H and O–H groups in total. The predicted molar refractivity (Wildman–Crippen MR) is 113 cm³/mol. The minimum atomic E-state index is -3.74. The molecule has 152 valence electrons. The normalized spacial score (nSPS) is 26.1. The largest absolute Gasteiger partial charge is 0.325 e. The summed E-state index contributed by atoms with van der Waals surface area (Å²) in [6.45, 7) is 5.58. The summed E-state index contributed by atoms with van der Waals surface area (Å²) in [5, 5.41) is 2.81. The maximum absolute atomic E-state index is 13.8. The van der Waals surface area contributed by atoms with Crippen LogP contribution in [-0.4, -0.2) is 45.4 Å². The molecule has 6 nitrogen and oxygen atoms in total. The lowest BCUT2D eigenvalue weighted by atomic mass is 9.89. The number of hydrogen-bond acceptors (Lipinski definition) is 4. The third-order valence-corrected chi connectivity index (χ3v) is 8.43.